The molecule has 27 heavy (non-hydrogen) atoms. The van der Waals surface area contributed by atoms with Gasteiger partial charge in [0.15, 0.2) is 6.61 Å². The number of carbonyl (C=O) groups excluding carboxylic acids is 2. The Morgan fingerprint density at radius 1 is 1.22 bits per heavy atom. The molecule has 2 heterocycles. The van der Waals surface area contributed by atoms with Crippen molar-refractivity contribution >= 4 is 17.7 Å². The molecule has 0 N–H and O–H groups in total. The molecule has 1 atom stereocenters. The maximum absolute atomic E-state index is 13.8. The quantitative estimate of drug-likeness (QED) is 0.834. The number of cyclic esters (lactones) is 1. The zero-order valence-corrected chi connectivity index (χ0v) is 14.6. The zero-order valence-electron chi connectivity index (χ0n) is 14.6. The van der Waals surface area contributed by atoms with E-state index in [2.05, 4.69) is 0 Å². The van der Waals surface area contributed by atoms with E-state index >= 15 is 0 Å². The summed E-state index contributed by atoms with van der Waals surface area (Å²) in [7, 11) is 0. The summed E-state index contributed by atoms with van der Waals surface area (Å²) in [6.45, 7) is 0.899. The molecule has 0 aliphatic carbocycles. The van der Waals surface area contributed by atoms with Crippen molar-refractivity contribution in [3.63, 3.8) is 0 Å². The van der Waals surface area contributed by atoms with E-state index in [0.29, 0.717) is 30.0 Å². The highest BCUT2D eigenvalue weighted by atomic mass is 19.1. The van der Waals surface area contributed by atoms with Gasteiger partial charge in [-0.3, -0.25) is 9.69 Å². The van der Waals surface area contributed by atoms with Gasteiger partial charge in [0, 0.05) is 13.1 Å². The lowest BCUT2D eigenvalue weighted by Gasteiger charge is -2.32. The van der Waals surface area contributed by atoms with Gasteiger partial charge in [0.1, 0.15) is 18.2 Å². The lowest BCUT2D eigenvalue weighted by Crippen LogP contribution is -2.43. The lowest BCUT2D eigenvalue weighted by molar-refractivity contribution is -0.134. The number of para-hydroxylation sites is 1. The molecular formula is C20H19FN2O4. The smallest absolute Gasteiger partial charge is 0.414 e. The highest BCUT2D eigenvalue weighted by Gasteiger charge is 2.37. The summed E-state index contributed by atoms with van der Waals surface area (Å²) in [4.78, 5) is 28.0. The summed E-state index contributed by atoms with van der Waals surface area (Å²) in [5.41, 5.74) is 1.16. The average molecular weight is 370 g/mol. The van der Waals surface area contributed by atoms with E-state index in [4.69, 9.17) is 9.47 Å². The van der Waals surface area contributed by atoms with Gasteiger partial charge in [0.05, 0.1) is 11.7 Å². The number of hydrogen-bond donors (Lipinski definition) is 0. The van der Waals surface area contributed by atoms with E-state index < -0.39 is 11.9 Å². The number of nitrogens with zero attached hydrogens (tertiary/aromatic N) is 2. The van der Waals surface area contributed by atoms with E-state index in [1.165, 1.54) is 17.0 Å². The van der Waals surface area contributed by atoms with Crippen LogP contribution in [0.2, 0.25) is 0 Å². The monoisotopic (exact) mass is 370 g/mol. The third-order valence-electron chi connectivity index (χ3n) is 4.82. The van der Waals surface area contributed by atoms with Crippen molar-refractivity contribution in [1.29, 1.82) is 0 Å². The minimum Gasteiger partial charge on any atom is -0.484 e. The van der Waals surface area contributed by atoms with Crippen LogP contribution in [0.25, 0.3) is 0 Å². The molecule has 4 rings (SSSR count). The van der Waals surface area contributed by atoms with Gasteiger partial charge in [-0.15, -0.1) is 0 Å². The Bertz CT molecular complexity index is 858. The Morgan fingerprint density at radius 3 is 2.85 bits per heavy atom. The molecule has 0 unspecified atom stereocenters. The highest BCUT2D eigenvalue weighted by Crippen LogP contribution is 2.32. The Balaban J connectivity index is 1.55. The lowest BCUT2D eigenvalue weighted by atomic mass is 10.1. The van der Waals surface area contributed by atoms with Gasteiger partial charge in [-0.05, 0) is 36.2 Å². The van der Waals surface area contributed by atoms with Crippen molar-refractivity contribution in [2.45, 2.75) is 19.0 Å². The Kier molecular flexibility index (Phi) is 4.66. The molecule has 0 bridgehead atoms. The first kappa shape index (κ1) is 17.3. The SMILES string of the molecule is O=C(COc1ccccc1)N1CC[C@H]2COC(=O)N2c2cc(F)ccc2C1. The third-order valence-corrected chi connectivity index (χ3v) is 4.82. The molecule has 140 valence electrons. The minimum absolute atomic E-state index is 0.0790. The fourth-order valence-electron chi connectivity index (χ4n) is 3.42. The van der Waals surface area contributed by atoms with E-state index in [9.17, 15) is 14.0 Å². The summed E-state index contributed by atoms with van der Waals surface area (Å²) in [6.07, 6.45) is 0.0812. The summed E-state index contributed by atoms with van der Waals surface area (Å²) >= 11 is 0. The molecule has 6 nitrogen and oxygen atoms in total. The molecule has 1 fully saturated rings. The fraction of sp³-hybridized carbons (Fsp3) is 0.300. The molecule has 2 aromatic rings. The topological polar surface area (TPSA) is 59.1 Å². The van der Waals surface area contributed by atoms with Gasteiger partial charge < -0.3 is 14.4 Å². The van der Waals surface area contributed by atoms with E-state index in [1.54, 1.807) is 23.1 Å². The third kappa shape index (κ3) is 3.58. The van der Waals surface area contributed by atoms with E-state index in [-0.39, 0.29) is 31.7 Å². The van der Waals surface area contributed by atoms with Crippen LogP contribution in [0, 0.1) is 5.82 Å². The van der Waals surface area contributed by atoms with Crippen LogP contribution in [0.3, 0.4) is 0 Å². The second kappa shape index (κ2) is 7.26. The van der Waals surface area contributed by atoms with Crippen molar-refractivity contribution in [1.82, 2.24) is 4.90 Å². The van der Waals surface area contributed by atoms with Gasteiger partial charge in [0.25, 0.3) is 5.91 Å². The van der Waals surface area contributed by atoms with Crippen LogP contribution in [0.5, 0.6) is 5.75 Å². The van der Waals surface area contributed by atoms with Crippen molar-refractivity contribution < 1.29 is 23.5 Å². The molecule has 7 heteroatoms. The van der Waals surface area contributed by atoms with Crippen LogP contribution in [0.1, 0.15) is 12.0 Å². The number of amides is 2. The number of hydrogen-bond acceptors (Lipinski definition) is 4. The number of fused-ring (bicyclic) bond motifs is 3. The van der Waals surface area contributed by atoms with Gasteiger partial charge in [-0.2, -0.15) is 0 Å². The minimum atomic E-state index is -0.473. The van der Waals surface area contributed by atoms with Crippen molar-refractivity contribution in [2.24, 2.45) is 0 Å². The molecule has 0 radical (unpaired) electrons. The Morgan fingerprint density at radius 2 is 2.04 bits per heavy atom. The van der Waals surface area contributed by atoms with Crippen LogP contribution in [0.4, 0.5) is 14.9 Å². The maximum Gasteiger partial charge on any atom is 0.414 e. The van der Waals surface area contributed by atoms with Gasteiger partial charge in [-0.1, -0.05) is 24.3 Å². The number of carbonyl (C=O) groups is 2. The molecule has 1 saturated heterocycles. The second-order valence-corrected chi connectivity index (χ2v) is 6.58. The summed E-state index contributed by atoms with van der Waals surface area (Å²) in [5, 5.41) is 0. The predicted molar refractivity (Wildman–Crippen MR) is 96.0 cm³/mol. The van der Waals surface area contributed by atoms with Crippen LogP contribution in [-0.4, -0.2) is 42.7 Å². The molecule has 2 amide bonds. The van der Waals surface area contributed by atoms with Crippen LogP contribution >= 0.6 is 0 Å². The van der Waals surface area contributed by atoms with Crippen molar-refractivity contribution in [2.75, 3.05) is 24.7 Å². The first-order valence-corrected chi connectivity index (χ1v) is 8.82. The van der Waals surface area contributed by atoms with Gasteiger partial charge >= 0.3 is 6.09 Å². The first-order valence-electron chi connectivity index (χ1n) is 8.82. The molecule has 0 spiro atoms. The van der Waals surface area contributed by atoms with Crippen molar-refractivity contribution in [3.05, 3.63) is 59.9 Å². The number of ether oxygens (including phenoxy) is 2. The Hall–Kier alpha value is -3.09. The molecule has 0 aromatic heterocycles. The summed E-state index contributed by atoms with van der Waals surface area (Å²) < 4.78 is 24.5. The van der Waals surface area contributed by atoms with Gasteiger partial charge in [0.2, 0.25) is 0 Å². The normalized spacial score (nSPS) is 18.9. The number of halogens is 1. The molecule has 2 aliphatic heterocycles. The largest absolute Gasteiger partial charge is 0.484 e. The zero-order chi connectivity index (χ0) is 18.8. The second-order valence-electron chi connectivity index (χ2n) is 6.58. The standard InChI is InChI=1S/C20H19FN2O4/c21-15-7-6-14-11-22(19(24)13-26-17-4-2-1-3-5-17)9-8-16-12-27-20(25)23(16)18(14)10-15/h1-7,10,16H,8-9,11-13H2/t16-/m0/s1. The molecule has 0 saturated carbocycles. The molecule has 2 aromatic carbocycles. The first-order chi connectivity index (χ1) is 13.1. The van der Waals surface area contributed by atoms with Crippen LogP contribution < -0.4 is 9.64 Å². The van der Waals surface area contributed by atoms with E-state index in [0.717, 1.165) is 0 Å². The predicted octanol–water partition coefficient (Wildman–Crippen LogP) is 2.96. The molecular weight excluding hydrogens is 351 g/mol. The number of rotatable bonds is 3. The highest BCUT2D eigenvalue weighted by molar-refractivity contribution is 5.91. The van der Waals surface area contributed by atoms with Crippen LogP contribution in [0.15, 0.2) is 48.5 Å². The Labute approximate surface area is 156 Å². The van der Waals surface area contributed by atoms with Crippen LogP contribution in [-0.2, 0) is 16.1 Å². The maximum atomic E-state index is 13.8. The van der Waals surface area contributed by atoms with Gasteiger partial charge in [-0.25, -0.2) is 9.18 Å². The fourth-order valence-corrected chi connectivity index (χ4v) is 3.42. The average Bonchev–Trinajstić information content (AvgIpc) is 3.03. The molecule has 2 aliphatic rings. The summed E-state index contributed by atoms with van der Waals surface area (Å²) in [6, 6.07) is 13.2. The van der Waals surface area contributed by atoms with Crippen molar-refractivity contribution in [3.8, 4) is 5.75 Å². The summed E-state index contributed by atoms with van der Waals surface area (Å²) in [5.74, 6) is 0.0345. The number of anilines is 1. The number of benzene rings is 2. The van der Waals surface area contributed by atoms with E-state index in [1.807, 2.05) is 18.2 Å².